The van der Waals surface area contributed by atoms with Crippen molar-refractivity contribution in [3.8, 4) is 0 Å². The summed E-state index contributed by atoms with van der Waals surface area (Å²) in [4.78, 5) is 0. The summed E-state index contributed by atoms with van der Waals surface area (Å²) in [5, 5.41) is 11.1. The van der Waals surface area contributed by atoms with Gasteiger partial charge in [0.05, 0.1) is 5.69 Å². The van der Waals surface area contributed by atoms with Crippen LogP contribution in [0.4, 0.5) is 0 Å². The van der Waals surface area contributed by atoms with Crippen LogP contribution in [0.1, 0.15) is 26.5 Å². The van der Waals surface area contributed by atoms with Crippen molar-refractivity contribution in [1.29, 1.82) is 0 Å². The maximum Gasteiger partial charge on any atom is 0.0518 e. The first-order valence-electron chi connectivity index (χ1n) is 6.00. The first-order valence-corrected chi connectivity index (χ1v) is 6.00. The van der Waals surface area contributed by atoms with Crippen molar-refractivity contribution < 1.29 is 0 Å². The third-order valence-corrected chi connectivity index (χ3v) is 2.56. The topological polar surface area (TPSA) is 41.9 Å². The Morgan fingerprint density at radius 1 is 1.31 bits per heavy atom. The van der Waals surface area contributed by atoms with Gasteiger partial charge in [-0.05, 0) is 25.5 Å². The van der Waals surface area contributed by atoms with E-state index in [0.29, 0.717) is 12.0 Å². The van der Waals surface area contributed by atoms with Crippen molar-refractivity contribution >= 4 is 0 Å². The van der Waals surface area contributed by atoms with Gasteiger partial charge in [-0.25, -0.2) is 0 Å². The lowest BCUT2D eigenvalue weighted by Crippen LogP contribution is -2.37. The highest BCUT2D eigenvalue weighted by atomic mass is 15.3. The predicted octanol–water partition coefficient (Wildman–Crippen LogP) is 1.14. The average molecular weight is 224 g/mol. The molecule has 4 heteroatoms. The van der Waals surface area contributed by atoms with Gasteiger partial charge in [0.1, 0.15) is 0 Å². The standard InChI is InChI=1S/C12H24N4/c1-10(2)7-13-8-11(3)14-9-12-5-6-15-16(12)4/h5-6,10-11,13-14H,7-9H2,1-4H3. The molecule has 1 aromatic heterocycles. The molecule has 0 bridgehead atoms. The van der Waals surface area contributed by atoms with Crippen molar-refractivity contribution in [2.45, 2.75) is 33.4 Å². The second-order valence-corrected chi connectivity index (χ2v) is 4.78. The normalized spacial score (nSPS) is 13.3. The van der Waals surface area contributed by atoms with Gasteiger partial charge in [0, 0.05) is 32.4 Å². The smallest absolute Gasteiger partial charge is 0.0518 e. The zero-order valence-electron chi connectivity index (χ0n) is 10.8. The molecule has 0 saturated carbocycles. The molecule has 0 amide bonds. The highest BCUT2D eigenvalue weighted by molar-refractivity contribution is 4.99. The minimum Gasteiger partial charge on any atom is -0.315 e. The molecule has 92 valence electrons. The quantitative estimate of drug-likeness (QED) is 0.730. The van der Waals surface area contributed by atoms with Crippen LogP contribution in [0.25, 0.3) is 0 Å². The van der Waals surface area contributed by atoms with Crippen molar-refractivity contribution in [3.63, 3.8) is 0 Å². The molecule has 2 N–H and O–H groups in total. The average Bonchev–Trinajstić information content (AvgIpc) is 2.60. The number of nitrogens with zero attached hydrogens (tertiary/aromatic N) is 2. The van der Waals surface area contributed by atoms with Gasteiger partial charge < -0.3 is 10.6 Å². The maximum absolute atomic E-state index is 4.14. The zero-order chi connectivity index (χ0) is 12.0. The Labute approximate surface area is 98.4 Å². The molecule has 0 saturated heterocycles. The van der Waals surface area contributed by atoms with Crippen molar-refractivity contribution in [1.82, 2.24) is 20.4 Å². The van der Waals surface area contributed by atoms with Gasteiger partial charge in [-0.15, -0.1) is 0 Å². The molecule has 0 aliphatic carbocycles. The van der Waals surface area contributed by atoms with E-state index in [1.54, 1.807) is 0 Å². The number of aryl methyl sites for hydroxylation is 1. The molecule has 1 atom stereocenters. The molecule has 4 nitrogen and oxygen atoms in total. The van der Waals surface area contributed by atoms with E-state index in [0.717, 1.165) is 19.6 Å². The molecule has 0 fully saturated rings. The van der Waals surface area contributed by atoms with Gasteiger partial charge in [-0.2, -0.15) is 5.10 Å². The summed E-state index contributed by atoms with van der Waals surface area (Å²) in [7, 11) is 1.97. The number of rotatable bonds is 7. The van der Waals surface area contributed by atoms with E-state index in [1.807, 2.05) is 24.0 Å². The maximum atomic E-state index is 4.14. The molecule has 0 aliphatic heterocycles. The molecule has 1 aromatic rings. The Balaban J connectivity index is 2.15. The minimum atomic E-state index is 0.480. The molecule has 1 unspecified atom stereocenters. The SMILES string of the molecule is CC(C)CNCC(C)NCc1ccnn1C. The number of aromatic nitrogens is 2. The third kappa shape index (κ3) is 4.77. The fraction of sp³-hybridized carbons (Fsp3) is 0.750. The van der Waals surface area contributed by atoms with Crippen LogP contribution in [0.5, 0.6) is 0 Å². The van der Waals surface area contributed by atoms with Gasteiger partial charge in [-0.3, -0.25) is 4.68 Å². The summed E-state index contributed by atoms with van der Waals surface area (Å²) >= 11 is 0. The lowest BCUT2D eigenvalue weighted by molar-refractivity contribution is 0.465. The van der Waals surface area contributed by atoms with E-state index < -0.39 is 0 Å². The van der Waals surface area contributed by atoms with E-state index in [-0.39, 0.29) is 0 Å². The molecule has 0 spiro atoms. The Morgan fingerprint density at radius 2 is 2.06 bits per heavy atom. The lowest BCUT2D eigenvalue weighted by Gasteiger charge is -2.15. The van der Waals surface area contributed by atoms with E-state index in [9.17, 15) is 0 Å². The Kier molecular flexibility index (Phi) is 5.49. The first kappa shape index (κ1) is 13.2. The van der Waals surface area contributed by atoms with Crippen molar-refractivity contribution in [2.75, 3.05) is 13.1 Å². The van der Waals surface area contributed by atoms with Gasteiger partial charge in [-0.1, -0.05) is 13.8 Å². The minimum absolute atomic E-state index is 0.480. The Morgan fingerprint density at radius 3 is 2.62 bits per heavy atom. The molecule has 1 rings (SSSR count). The highest BCUT2D eigenvalue weighted by Crippen LogP contribution is 1.96. The van der Waals surface area contributed by atoms with Crippen LogP contribution >= 0.6 is 0 Å². The fourth-order valence-electron chi connectivity index (χ4n) is 1.51. The second-order valence-electron chi connectivity index (χ2n) is 4.78. The van der Waals surface area contributed by atoms with Crippen molar-refractivity contribution in [2.24, 2.45) is 13.0 Å². The zero-order valence-corrected chi connectivity index (χ0v) is 10.8. The van der Waals surface area contributed by atoms with E-state index in [2.05, 4.69) is 36.5 Å². The van der Waals surface area contributed by atoms with Gasteiger partial charge in [0.2, 0.25) is 0 Å². The van der Waals surface area contributed by atoms with Gasteiger partial charge >= 0.3 is 0 Å². The van der Waals surface area contributed by atoms with E-state index >= 15 is 0 Å². The molecule has 16 heavy (non-hydrogen) atoms. The summed E-state index contributed by atoms with van der Waals surface area (Å²) in [5.74, 6) is 0.712. The summed E-state index contributed by atoms with van der Waals surface area (Å²) in [6.45, 7) is 9.61. The second kappa shape index (κ2) is 6.66. The van der Waals surface area contributed by atoms with Crippen LogP contribution in [-0.2, 0) is 13.6 Å². The summed E-state index contributed by atoms with van der Waals surface area (Å²) < 4.78 is 1.90. The third-order valence-electron chi connectivity index (χ3n) is 2.56. The van der Waals surface area contributed by atoms with Gasteiger partial charge in [0.15, 0.2) is 0 Å². The largest absolute Gasteiger partial charge is 0.315 e. The monoisotopic (exact) mass is 224 g/mol. The van der Waals surface area contributed by atoms with E-state index in [4.69, 9.17) is 0 Å². The molecule has 0 aromatic carbocycles. The number of nitrogens with one attached hydrogen (secondary N) is 2. The number of hydrogen-bond acceptors (Lipinski definition) is 3. The molecule has 0 radical (unpaired) electrons. The van der Waals surface area contributed by atoms with Crippen LogP contribution in [0, 0.1) is 5.92 Å². The first-order chi connectivity index (χ1) is 7.59. The predicted molar refractivity (Wildman–Crippen MR) is 67.2 cm³/mol. The lowest BCUT2D eigenvalue weighted by atomic mass is 10.2. The van der Waals surface area contributed by atoms with Crippen molar-refractivity contribution in [3.05, 3.63) is 18.0 Å². The molecular formula is C12H24N4. The van der Waals surface area contributed by atoms with Crippen LogP contribution < -0.4 is 10.6 Å². The summed E-state index contributed by atoms with van der Waals surface area (Å²) in [5.41, 5.74) is 1.22. The van der Waals surface area contributed by atoms with E-state index in [1.165, 1.54) is 5.69 Å². The van der Waals surface area contributed by atoms with Crippen LogP contribution in [0.3, 0.4) is 0 Å². The Bertz CT molecular complexity index is 293. The molecule has 0 aliphatic rings. The Hall–Kier alpha value is -0.870. The molecule has 1 heterocycles. The summed E-state index contributed by atoms with van der Waals surface area (Å²) in [6.07, 6.45) is 1.83. The number of hydrogen-bond donors (Lipinski definition) is 2. The van der Waals surface area contributed by atoms with Crippen LogP contribution in [-0.4, -0.2) is 28.9 Å². The van der Waals surface area contributed by atoms with Crippen LogP contribution in [0.15, 0.2) is 12.3 Å². The summed E-state index contributed by atoms with van der Waals surface area (Å²) in [6, 6.07) is 2.52. The molecular weight excluding hydrogens is 200 g/mol. The fourth-order valence-corrected chi connectivity index (χ4v) is 1.51. The van der Waals surface area contributed by atoms with Crippen LogP contribution in [0.2, 0.25) is 0 Å². The highest BCUT2D eigenvalue weighted by Gasteiger charge is 2.03. The van der Waals surface area contributed by atoms with Gasteiger partial charge in [0.25, 0.3) is 0 Å².